The van der Waals surface area contributed by atoms with Crippen LogP contribution in [-0.2, 0) is 21.4 Å². The zero-order valence-electron chi connectivity index (χ0n) is 15.9. The molecule has 0 unspecified atom stereocenters. The zero-order chi connectivity index (χ0) is 20.7. The van der Waals surface area contributed by atoms with Crippen LogP contribution in [0.1, 0.15) is 33.2 Å². The van der Waals surface area contributed by atoms with Crippen molar-refractivity contribution in [2.45, 2.75) is 18.4 Å². The summed E-state index contributed by atoms with van der Waals surface area (Å²) < 4.78 is 25.3. The molecular formula is C19H23N3O5S. The number of hydrogen-bond donors (Lipinski definition) is 2. The van der Waals surface area contributed by atoms with Gasteiger partial charge in [0, 0.05) is 31.3 Å². The van der Waals surface area contributed by atoms with Crippen LogP contribution in [0.4, 0.5) is 0 Å². The second-order valence-corrected chi connectivity index (χ2v) is 7.80. The first kappa shape index (κ1) is 21.5. The van der Waals surface area contributed by atoms with E-state index in [4.69, 9.17) is 4.84 Å². The molecule has 8 nitrogen and oxygen atoms in total. The third kappa shape index (κ3) is 5.16. The van der Waals surface area contributed by atoms with Gasteiger partial charge in [-0.2, -0.15) is 0 Å². The van der Waals surface area contributed by atoms with Crippen LogP contribution in [0.5, 0.6) is 0 Å². The zero-order valence-corrected chi connectivity index (χ0v) is 16.7. The fourth-order valence-electron chi connectivity index (χ4n) is 2.41. The van der Waals surface area contributed by atoms with Gasteiger partial charge in [-0.1, -0.05) is 22.7 Å². The molecule has 0 bridgehead atoms. The van der Waals surface area contributed by atoms with Gasteiger partial charge in [-0.25, -0.2) is 8.42 Å². The molecule has 0 fully saturated rings. The molecule has 9 heteroatoms. The molecule has 0 aromatic heterocycles. The smallest absolute Gasteiger partial charge is 0.264 e. The molecule has 0 aliphatic rings. The van der Waals surface area contributed by atoms with Crippen molar-refractivity contribution in [2.75, 3.05) is 20.7 Å². The molecule has 2 amide bonds. The molecule has 0 aliphatic heterocycles. The summed E-state index contributed by atoms with van der Waals surface area (Å²) in [6.45, 7) is 2.55. The van der Waals surface area contributed by atoms with E-state index in [9.17, 15) is 18.0 Å². The van der Waals surface area contributed by atoms with E-state index in [1.165, 1.54) is 38.4 Å². The lowest BCUT2D eigenvalue weighted by Crippen LogP contribution is -2.27. The van der Waals surface area contributed by atoms with Crippen LogP contribution < -0.4 is 10.6 Å². The predicted octanol–water partition coefficient (Wildman–Crippen LogP) is 1.55. The number of nitrogens with zero attached hydrogens (tertiary/aromatic N) is 1. The molecule has 0 saturated carbocycles. The van der Waals surface area contributed by atoms with Crippen LogP contribution in [0.25, 0.3) is 0 Å². The monoisotopic (exact) mass is 405 g/mol. The maximum Gasteiger partial charge on any atom is 0.264 e. The van der Waals surface area contributed by atoms with Crippen LogP contribution in [0.3, 0.4) is 0 Å². The van der Waals surface area contributed by atoms with E-state index in [1.807, 2.05) is 6.92 Å². The number of nitrogens with one attached hydrogen (secondary N) is 2. The Morgan fingerprint density at radius 2 is 1.61 bits per heavy atom. The highest BCUT2D eigenvalue weighted by Gasteiger charge is 2.21. The van der Waals surface area contributed by atoms with E-state index in [0.29, 0.717) is 12.1 Å². The number of amides is 2. The molecule has 0 atom stereocenters. The maximum absolute atomic E-state index is 12.4. The second-order valence-electron chi connectivity index (χ2n) is 5.87. The highest BCUT2D eigenvalue weighted by atomic mass is 32.2. The van der Waals surface area contributed by atoms with Gasteiger partial charge in [0.1, 0.15) is 0 Å². The van der Waals surface area contributed by atoms with Gasteiger partial charge in [0.15, 0.2) is 0 Å². The minimum absolute atomic E-state index is 0.0530. The average Bonchev–Trinajstić information content (AvgIpc) is 2.71. The van der Waals surface area contributed by atoms with Crippen LogP contribution >= 0.6 is 0 Å². The lowest BCUT2D eigenvalue weighted by molar-refractivity contribution is -0.0258. The summed E-state index contributed by atoms with van der Waals surface area (Å²) in [5.41, 5.74) is 1.45. The van der Waals surface area contributed by atoms with E-state index in [2.05, 4.69) is 10.6 Å². The molecular weight excluding hydrogens is 382 g/mol. The molecule has 2 N–H and O–H groups in total. The van der Waals surface area contributed by atoms with Crippen molar-refractivity contribution in [1.82, 2.24) is 15.1 Å². The van der Waals surface area contributed by atoms with Gasteiger partial charge in [0.05, 0.1) is 12.0 Å². The van der Waals surface area contributed by atoms with Crippen molar-refractivity contribution < 1.29 is 22.8 Å². The molecule has 0 saturated heterocycles. The first-order valence-corrected chi connectivity index (χ1v) is 10.0. The van der Waals surface area contributed by atoms with Crippen LogP contribution in [0.15, 0.2) is 53.4 Å². The number of carbonyl (C=O) groups excluding carboxylic acids is 2. The number of sulfonamides is 1. The molecule has 2 aromatic rings. The Bertz CT molecular complexity index is 960. The molecule has 0 spiro atoms. The average molecular weight is 405 g/mol. The number of hydroxylamine groups is 1. The Morgan fingerprint density at radius 3 is 2.25 bits per heavy atom. The molecule has 2 aromatic carbocycles. The third-order valence-corrected chi connectivity index (χ3v) is 5.64. The molecule has 0 heterocycles. The number of carbonyl (C=O) groups is 2. The first-order valence-electron chi connectivity index (χ1n) is 8.58. The first-order chi connectivity index (χ1) is 13.3. The summed E-state index contributed by atoms with van der Waals surface area (Å²) in [6.07, 6.45) is 0. The highest BCUT2D eigenvalue weighted by molar-refractivity contribution is 7.89. The Morgan fingerprint density at radius 1 is 1.00 bits per heavy atom. The number of rotatable bonds is 8. The Labute approximate surface area is 164 Å². The van der Waals surface area contributed by atoms with E-state index >= 15 is 0 Å². The van der Waals surface area contributed by atoms with Gasteiger partial charge in [-0.3, -0.25) is 14.4 Å². The third-order valence-electron chi connectivity index (χ3n) is 3.97. The van der Waals surface area contributed by atoms with Crippen molar-refractivity contribution in [3.63, 3.8) is 0 Å². The molecule has 0 aliphatic carbocycles. The molecule has 0 radical (unpaired) electrons. The Kier molecular flexibility index (Phi) is 7.27. The highest BCUT2D eigenvalue weighted by Crippen LogP contribution is 2.16. The standard InChI is InChI=1S/C19H23N3O5S/c1-4-20-18(23)15-8-5-7-14(11-15)13-21-19(24)16-9-6-10-17(12-16)28(25,26)22(2)27-3/h5-12H,4,13H2,1-3H3,(H,20,23)(H,21,24). The normalized spacial score (nSPS) is 11.3. The van der Waals surface area contributed by atoms with Gasteiger partial charge in [-0.05, 0) is 42.8 Å². The molecule has 2 rings (SSSR count). The fourth-order valence-corrected chi connectivity index (χ4v) is 3.43. The summed E-state index contributed by atoms with van der Waals surface area (Å²) in [5, 5.41) is 5.44. The van der Waals surface area contributed by atoms with Crippen LogP contribution in [0.2, 0.25) is 0 Å². The van der Waals surface area contributed by atoms with Crippen molar-refractivity contribution in [1.29, 1.82) is 0 Å². The SMILES string of the molecule is CCNC(=O)c1cccc(CNC(=O)c2cccc(S(=O)(=O)N(C)OC)c2)c1. The lowest BCUT2D eigenvalue weighted by Gasteiger charge is -2.14. The van der Waals surface area contributed by atoms with Gasteiger partial charge >= 0.3 is 0 Å². The Hall–Kier alpha value is -2.75. The van der Waals surface area contributed by atoms with Gasteiger partial charge in [-0.15, -0.1) is 0 Å². The van der Waals surface area contributed by atoms with Crippen LogP contribution in [0, 0.1) is 0 Å². The fraction of sp³-hybridized carbons (Fsp3) is 0.263. The van der Waals surface area contributed by atoms with E-state index in [1.54, 1.807) is 24.3 Å². The molecule has 150 valence electrons. The van der Waals surface area contributed by atoms with E-state index < -0.39 is 15.9 Å². The summed E-state index contributed by atoms with van der Waals surface area (Å²) in [7, 11) is -1.34. The van der Waals surface area contributed by atoms with E-state index in [0.717, 1.165) is 10.0 Å². The van der Waals surface area contributed by atoms with Crippen molar-refractivity contribution in [2.24, 2.45) is 0 Å². The van der Waals surface area contributed by atoms with Crippen molar-refractivity contribution in [3.8, 4) is 0 Å². The second kappa shape index (κ2) is 9.45. The minimum Gasteiger partial charge on any atom is -0.352 e. The summed E-state index contributed by atoms with van der Waals surface area (Å²) in [5.74, 6) is -0.614. The quantitative estimate of drug-likeness (QED) is 0.649. The predicted molar refractivity (Wildman–Crippen MR) is 104 cm³/mol. The van der Waals surface area contributed by atoms with Gasteiger partial charge in [0.2, 0.25) is 0 Å². The number of hydrogen-bond acceptors (Lipinski definition) is 5. The number of benzene rings is 2. The van der Waals surface area contributed by atoms with Crippen LogP contribution in [-0.4, -0.2) is 45.4 Å². The van der Waals surface area contributed by atoms with Gasteiger partial charge < -0.3 is 10.6 Å². The van der Waals surface area contributed by atoms with Crippen molar-refractivity contribution >= 4 is 21.8 Å². The summed E-state index contributed by atoms with van der Waals surface area (Å²) in [4.78, 5) is 29.0. The lowest BCUT2D eigenvalue weighted by atomic mass is 10.1. The van der Waals surface area contributed by atoms with E-state index in [-0.39, 0.29) is 22.9 Å². The van der Waals surface area contributed by atoms with Crippen molar-refractivity contribution in [3.05, 3.63) is 65.2 Å². The topological polar surface area (TPSA) is 105 Å². The summed E-state index contributed by atoms with van der Waals surface area (Å²) in [6, 6.07) is 12.6. The Balaban J connectivity index is 2.11. The maximum atomic E-state index is 12.4. The minimum atomic E-state index is -3.85. The molecule has 28 heavy (non-hydrogen) atoms. The largest absolute Gasteiger partial charge is 0.352 e. The summed E-state index contributed by atoms with van der Waals surface area (Å²) >= 11 is 0. The van der Waals surface area contributed by atoms with Gasteiger partial charge in [0.25, 0.3) is 21.8 Å².